The van der Waals surface area contributed by atoms with E-state index in [-0.39, 0.29) is 18.0 Å². The first-order chi connectivity index (χ1) is 9.06. The molecule has 0 amide bonds. The van der Waals surface area contributed by atoms with Gasteiger partial charge in [-0.05, 0) is 49.3 Å². The van der Waals surface area contributed by atoms with Gasteiger partial charge in [-0.2, -0.15) is 0 Å². The number of hydrogen-bond donors (Lipinski definition) is 2. The molecule has 0 aliphatic heterocycles. The van der Waals surface area contributed by atoms with Crippen LogP contribution < -0.4 is 5.32 Å². The Labute approximate surface area is 115 Å². The zero-order valence-corrected chi connectivity index (χ0v) is 11.8. The Morgan fingerprint density at radius 3 is 2.21 bits per heavy atom. The van der Waals surface area contributed by atoms with Crippen LogP contribution >= 0.6 is 0 Å². The Hall–Kier alpha value is -0.930. The highest BCUT2D eigenvalue weighted by Gasteiger charge is 2.24. The van der Waals surface area contributed by atoms with Gasteiger partial charge in [0.2, 0.25) is 0 Å². The molecule has 0 heterocycles. The normalized spacial score (nSPS) is 25.5. The van der Waals surface area contributed by atoms with Gasteiger partial charge in [0, 0.05) is 12.1 Å². The maximum absolute atomic E-state index is 13.0. The molecule has 0 aromatic heterocycles. The van der Waals surface area contributed by atoms with Crippen molar-refractivity contribution in [3.8, 4) is 0 Å². The van der Waals surface area contributed by atoms with Crippen molar-refractivity contribution in [2.45, 2.75) is 57.7 Å². The molecule has 19 heavy (non-hydrogen) atoms. The van der Waals surface area contributed by atoms with Crippen LogP contribution in [0, 0.1) is 11.7 Å². The summed E-state index contributed by atoms with van der Waals surface area (Å²) >= 11 is 0. The van der Waals surface area contributed by atoms with E-state index in [0.29, 0.717) is 12.0 Å². The maximum Gasteiger partial charge on any atom is 0.123 e. The topological polar surface area (TPSA) is 32.3 Å². The number of nitrogens with one attached hydrogen (secondary N) is 1. The highest BCUT2D eigenvalue weighted by Crippen LogP contribution is 2.26. The van der Waals surface area contributed by atoms with Crippen molar-refractivity contribution in [2.75, 3.05) is 0 Å². The summed E-state index contributed by atoms with van der Waals surface area (Å²) in [7, 11) is 0. The van der Waals surface area contributed by atoms with E-state index in [1.807, 2.05) is 12.1 Å². The molecule has 0 bridgehead atoms. The molecule has 0 spiro atoms. The molecule has 2 rings (SSSR count). The molecule has 1 fully saturated rings. The SMILES string of the molecule is CC(C)C(NC1CCC(O)CC1)c1ccc(F)cc1. The van der Waals surface area contributed by atoms with E-state index in [0.717, 1.165) is 31.2 Å². The first kappa shape index (κ1) is 14.5. The summed E-state index contributed by atoms with van der Waals surface area (Å²) in [6.07, 6.45) is 3.68. The Morgan fingerprint density at radius 2 is 1.68 bits per heavy atom. The van der Waals surface area contributed by atoms with Crippen LogP contribution in [0.2, 0.25) is 0 Å². The molecule has 1 saturated carbocycles. The van der Waals surface area contributed by atoms with Gasteiger partial charge in [0.1, 0.15) is 5.82 Å². The van der Waals surface area contributed by atoms with Crippen molar-refractivity contribution < 1.29 is 9.50 Å². The van der Waals surface area contributed by atoms with Gasteiger partial charge in [-0.25, -0.2) is 4.39 Å². The lowest BCUT2D eigenvalue weighted by Crippen LogP contribution is -2.38. The van der Waals surface area contributed by atoms with E-state index in [4.69, 9.17) is 0 Å². The average molecular weight is 265 g/mol. The van der Waals surface area contributed by atoms with E-state index >= 15 is 0 Å². The van der Waals surface area contributed by atoms with E-state index < -0.39 is 0 Å². The van der Waals surface area contributed by atoms with Crippen molar-refractivity contribution in [3.05, 3.63) is 35.6 Å². The molecule has 3 heteroatoms. The van der Waals surface area contributed by atoms with Crippen LogP contribution in [0.3, 0.4) is 0 Å². The second-order valence-electron chi connectivity index (χ2n) is 5.95. The van der Waals surface area contributed by atoms with Crippen molar-refractivity contribution in [2.24, 2.45) is 5.92 Å². The lowest BCUT2D eigenvalue weighted by Gasteiger charge is -2.32. The van der Waals surface area contributed by atoms with Crippen LogP contribution in [0.25, 0.3) is 0 Å². The average Bonchev–Trinajstić information content (AvgIpc) is 2.39. The zero-order valence-electron chi connectivity index (χ0n) is 11.8. The molecular weight excluding hydrogens is 241 g/mol. The van der Waals surface area contributed by atoms with E-state index in [1.165, 1.54) is 12.1 Å². The Morgan fingerprint density at radius 1 is 1.11 bits per heavy atom. The van der Waals surface area contributed by atoms with E-state index in [9.17, 15) is 9.50 Å². The number of aliphatic hydroxyl groups is 1. The predicted molar refractivity (Wildman–Crippen MR) is 75.4 cm³/mol. The number of hydrogen-bond acceptors (Lipinski definition) is 2. The minimum absolute atomic E-state index is 0.124. The lowest BCUT2D eigenvalue weighted by atomic mass is 9.89. The summed E-state index contributed by atoms with van der Waals surface area (Å²) in [5.41, 5.74) is 1.14. The number of benzene rings is 1. The van der Waals surface area contributed by atoms with Crippen molar-refractivity contribution in [1.29, 1.82) is 0 Å². The lowest BCUT2D eigenvalue weighted by molar-refractivity contribution is 0.112. The van der Waals surface area contributed by atoms with Gasteiger partial charge in [-0.3, -0.25) is 0 Å². The molecule has 0 radical (unpaired) electrons. The third-order valence-electron chi connectivity index (χ3n) is 4.01. The first-order valence-electron chi connectivity index (χ1n) is 7.26. The Kier molecular flexibility index (Phi) is 4.94. The maximum atomic E-state index is 13.0. The summed E-state index contributed by atoms with van der Waals surface area (Å²) in [5, 5.41) is 13.2. The smallest absolute Gasteiger partial charge is 0.123 e. The number of halogens is 1. The summed E-state index contributed by atoms with van der Waals surface area (Å²) in [5.74, 6) is 0.268. The minimum Gasteiger partial charge on any atom is -0.393 e. The van der Waals surface area contributed by atoms with Crippen LogP contribution in [-0.4, -0.2) is 17.3 Å². The standard InChI is InChI=1S/C16H24FNO/c1-11(2)16(12-3-5-13(17)6-4-12)18-14-7-9-15(19)10-8-14/h3-6,11,14-16,18-19H,7-10H2,1-2H3. The minimum atomic E-state index is -0.188. The van der Waals surface area contributed by atoms with Gasteiger partial charge in [-0.1, -0.05) is 26.0 Å². The Bertz CT molecular complexity index is 382. The van der Waals surface area contributed by atoms with Gasteiger partial charge in [-0.15, -0.1) is 0 Å². The van der Waals surface area contributed by atoms with Crippen LogP contribution in [0.5, 0.6) is 0 Å². The first-order valence-corrected chi connectivity index (χ1v) is 7.26. The molecule has 1 unspecified atom stereocenters. The highest BCUT2D eigenvalue weighted by atomic mass is 19.1. The molecule has 0 saturated heterocycles. The molecule has 2 nitrogen and oxygen atoms in total. The highest BCUT2D eigenvalue weighted by molar-refractivity contribution is 5.20. The Balaban J connectivity index is 2.02. The largest absolute Gasteiger partial charge is 0.393 e. The number of aliphatic hydroxyl groups excluding tert-OH is 1. The zero-order chi connectivity index (χ0) is 13.8. The fraction of sp³-hybridized carbons (Fsp3) is 0.625. The molecular formula is C16H24FNO. The van der Waals surface area contributed by atoms with Crippen molar-refractivity contribution in [3.63, 3.8) is 0 Å². The van der Waals surface area contributed by atoms with E-state index in [1.54, 1.807) is 0 Å². The van der Waals surface area contributed by atoms with Crippen molar-refractivity contribution >= 4 is 0 Å². The van der Waals surface area contributed by atoms with Crippen LogP contribution in [0.15, 0.2) is 24.3 Å². The third kappa shape index (κ3) is 4.02. The third-order valence-corrected chi connectivity index (χ3v) is 4.01. The van der Waals surface area contributed by atoms with Gasteiger partial charge in [0.25, 0.3) is 0 Å². The summed E-state index contributed by atoms with van der Waals surface area (Å²) < 4.78 is 13.0. The fourth-order valence-corrected chi connectivity index (χ4v) is 2.84. The number of rotatable bonds is 4. The quantitative estimate of drug-likeness (QED) is 0.874. The summed E-state index contributed by atoms with van der Waals surface area (Å²) in [6, 6.07) is 7.49. The molecule has 1 aromatic rings. The molecule has 2 N–H and O–H groups in total. The molecule has 1 aromatic carbocycles. The van der Waals surface area contributed by atoms with Crippen LogP contribution in [0.1, 0.15) is 51.1 Å². The predicted octanol–water partition coefficient (Wildman–Crippen LogP) is 3.42. The molecule has 1 aliphatic carbocycles. The van der Waals surface area contributed by atoms with Crippen LogP contribution in [-0.2, 0) is 0 Å². The molecule has 1 atom stereocenters. The summed E-state index contributed by atoms with van der Waals surface area (Å²) in [6.45, 7) is 4.36. The van der Waals surface area contributed by atoms with Crippen LogP contribution in [0.4, 0.5) is 4.39 Å². The van der Waals surface area contributed by atoms with Gasteiger partial charge in [0.05, 0.1) is 6.10 Å². The van der Waals surface area contributed by atoms with E-state index in [2.05, 4.69) is 19.2 Å². The second-order valence-corrected chi connectivity index (χ2v) is 5.95. The second kappa shape index (κ2) is 6.49. The van der Waals surface area contributed by atoms with Gasteiger partial charge in [0.15, 0.2) is 0 Å². The fourth-order valence-electron chi connectivity index (χ4n) is 2.84. The molecule has 1 aliphatic rings. The monoisotopic (exact) mass is 265 g/mol. The summed E-state index contributed by atoms with van der Waals surface area (Å²) in [4.78, 5) is 0. The molecule has 106 valence electrons. The van der Waals surface area contributed by atoms with Gasteiger partial charge >= 0.3 is 0 Å². The van der Waals surface area contributed by atoms with Gasteiger partial charge < -0.3 is 10.4 Å². The van der Waals surface area contributed by atoms with Crippen molar-refractivity contribution in [1.82, 2.24) is 5.32 Å².